The first-order valence-electron chi connectivity index (χ1n) is 9.97. The molecule has 4 nitrogen and oxygen atoms in total. The van der Waals surface area contributed by atoms with Crippen molar-refractivity contribution in [1.82, 2.24) is 15.1 Å². The first kappa shape index (κ1) is 16.1. The van der Waals surface area contributed by atoms with Crippen molar-refractivity contribution in [3.05, 3.63) is 47.3 Å². The summed E-state index contributed by atoms with van der Waals surface area (Å²) in [6, 6.07) is 10.1. The molecule has 0 saturated heterocycles. The van der Waals surface area contributed by atoms with Crippen molar-refractivity contribution in [2.45, 2.75) is 57.9 Å². The van der Waals surface area contributed by atoms with Gasteiger partial charge in [0, 0.05) is 5.54 Å². The van der Waals surface area contributed by atoms with Crippen LogP contribution in [0, 0.1) is 31.6 Å². The number of para-hydroxylation sites is 1. The molecule has 4 aliphatic carbocycles. The lowest BCUT2D eigenvalue weighted by Crippen LogP contribution is -2.59. The van der Waals surface area contributed by atoms with E-state index in [-0.39, 0.29) is 11.4 Å². The highest BCUT2D eigenvalue weighted by Gasteiger charge is 2.51. The Bertz CT molecular complexity index is 816. The summed E-state index contributed by atoms with van der Waals surface area (Å²) in [6.45, 7) is 3.95. The quantitative estimate of drug-likeness (QED) is 0.903. The second-order valence-electron chi connectivity index (χ2n) is 8.95. The van der Waals surface area contributed by atoms with Gasteiger partial charge in [-0.25, -0.2) is 4.68 Å². The Balaban J connectivity index is 1.44. The minimum absolute atomic E-state index is 0.0412. The molecule has 1 N–H and O–H groups in total. The lowest BCUT2D eigenvalue weighted by atomic mass is 9.53. The highest BCUT2D eigenvalue weighted by atomic mass is 16.1. The van der Waals surface area contributed by atoms with Crippen LogP contribution in [-0.2, 0) is 0 Å². The van der Waals surface area contributed by atoms with Gasteiger partial charge in [-0.15, -0.1) is 0 Å². The van der Waals surface area contributed by atoms with Gasteiger partial charge in [0.1, 0.15) is 0 Å². The number of carbonyl (C=O) groups excluding carboxylic acids is 1. The normalized spacial score (nSPS) is 32.0. The van der Waals surface area contributed by atoms with Crippen molar-refractivity contribution in [3.8, 4) is 5.69 Å². The molecule has 4 heteroatoms. The summed E-state index contributed by atoms with van der Waals surface area (Å²) < 4.78 is 1.89. The molecule has 4 bridgehead atoms. The molecule has 1 aromatic heterocycles. The van der Waals surface area contributed by atoms with Gasteiger partial charge in [-0.2, -0.15) is 5.10 Å². The van der Waals surface area contributed by atoms with Gasteiger partial charge in [0.15, 0.2) is 0 Å². The Morgan fingerprint density at radius 2 is 1.62 bits per heavy atom. The average Bonchev–Trinajstić information content (AvgIpc) is 2.88. The highest BCUT2D eigenvalue weighted by Crippen LogP contribution is 2.55. The molecule has 0 radical (unpaired) electrons. The van der Waals surface area contributed by atoms with Crippen molar-refractivity contribution in [2.75, 3.05) is 0 Å². The Kier molecular flexibility index (Phi) is 3.53. The van der Waals surface area contributed by atoms with Gasteiger partial charge in [-0.1, -0.05) is 18.2 Å². The summed E-state index contributed by atoms with van der Waals surface area (Å²) in [5, 5.41) is 8.15. The lowest BCUT2D eigenvalue weighted by molar-refractivity contribution is -0.0167. The maximum atomic E-state index is 13.3. The number of benzene rings is 1. The maximum absolute atomic E-state index is 13.3. The van der Waals surface area contributed by atoms with E-state index >= 15 is 0 Å². The first-order chi connectivity index (χ1) is 12.5. The first-order valence-corrected chi connectivity index (χ1v) is 9.97. The molecule has 4 fully saturated rings. The molecule has 4 saturated carbocycles. The lowest BCUT2D eigenvalue weighted by Gasteiger charge is -2.56. The Hall–Kier alpha value is -2.10. The monoisotopic (exact) mass is 349 g/mol. The SMILES string of the molecule is Cc1nn(-c2ccccc2)c(C)c1C(=O)NC12CC3CC(CC(C3)C1)C2. The van der Waals surface area contributed by atoms with E-state index < -0.39 is 0 Å². The number of carbonyl (C=O) groups is 1. The third-order valence-electron chi connectivity index (χ3n) is 6.94. The van der Waals surface area contributed by atoms with Crippen LogP contribution in [0.3, 0.4) is 0 Å². The molecule has 0 unspecified atom stereocenters. The second-order valence-corrected chi connectivity index (χ2v) is 8.95. The fourth-order valence-corrected chi connectivity index (χ4v) is 6.36. The molecule has 2 aromatic rings. The summed E-state index contributed by atoms with van der Waals surface area (Å²) in [4.78, 5) is 13.3. The second kappa shape index (κ2) is 5.70. The van der Waals surface area contributed by atoms with Crippen LogP contribution < -0.4 is 5.32 Å². The topological polar surface area (TPSA) is 46.9 Å². The zero-order valence-corrected chi connectivity index (χ0v) is 15.7. The average molecular weight is 349 g/mol. The number of hydrogen-bond acceptors (Lipinski definition) is 2. The molecule has 1 aromatic carbocycles. The van der Waals surface area contributed by atoms with E-state index in [9.17, 15) is 4.79 Å². The molecule has 1 heterocycles. The van der Waals surface area contributed by atoms with Crippen LogP contribution >= 0.6 is 0 Å². The van der Waals surface area contributed by atoms with Crippen LogP contribution in [0.15, 0.2) is 30.3 Å². The molecule has 0 aliphatic heterocycles. The molecular formula is C22H27N3O. The number of rotatable bonds is 3. The van der Waals surface area contributed by atoms with E-state index in [1.54, 1.807) is 0 Å². The summed E-state index contributed by atoms with van der Waals surface area (Å²) >= 11 is 0. The molecule has 6 rings (SSSR count). The third kappa shape index (κ3) is 2.50. The number of nitrogens with zero attached hydrogens (tertiary/aromatic N) is 2. The van der Waals surface area contributed by atoms with Crippen LogP contribution in [0.5, 0.6) is 0 Å². The van der Waals surface area contributed by atoms with Crippen LogP contribution in [0.4, 0.5) is 0 Å². The zero-order chi connectivity index (χ0) is 17.9. The van der Waals surface area contributed by atoms with Gasteiger partial charge in [0.05, 0.1) is 22.6 Å². The van der Waals surface area contributed by atoms with E-state index in [2.05, 4.69) is 10.4 Å². The van der Waals surface area contributed by atoms with Crippen molar-refractivity contribution in [3.63, 3.8) is 0 Å². The van der Waals surface area contributed by atoms with E-state index in [1.165, 1.54) is 38.5 Å². The smallest absolute Gasteiger partial charge is 0.255 e. The molecule has 136 valence electrons. The van der Waals surface area contributed by atoms with Crippen molar-refractivity contribution < 1.29 is 4.79 Å². The van der Waals surface area contributed by atoms with Crippen LogP contribution in [0.25, 0.3) is 5.69 Å². The fourth-order valence-electron chi connectivity index (χ4n) is 6.36. The van der Waals surface area contributed by atoms with E-state index in [4.69, 9.17) is 0 Å². The summed E-state index contributed by atoms with van der Waals surface area (Å²) in [6.07, 6.45) is 7.69. The molecular weight excluding hydrogens is 322 g/mol. The largest absolute Gasteiger partial charge is 0.346 e. The van der Waals surface area contributed by atoms with Crippen LogP contribution in [-0.4, -0.2) is 21.2 Å². The Morgan fingerprint density at radius 1 is 1.04 bits per heavy atom. The van der Waals surface area contributed by atoms with Gasteiger partial charge < -0.3 is 5.32 Å². The predicted octanol–water partition coefficient (Wildman–Crippen LogP) is 4.19. The number of nitrogens with one attached hydrogen (secondary N) is 1. The number of aromatic nitrogens is 2. The van der Waals surface area contributed by atoms with E-state index in [0.717, 1.165) is 40.4 Å². The minimum Gasteiger partial charge on any atom is -0.346 e. The minimum atomic E-state index is 0.0412. The highest BCUT2D eigenvalue weighted by molar-refractivity contribution is 5.97. The zero-order valence-electron chi connectivity index (χ0n) is 15.7. The van der Waals surface area contributed by atoms with Gasteiger partial charge in [-0.05, 0) is 82.3 Å². The summed E-state index contributed by atoms with van der Waals surface area (Å²) in [5.41, 5.74) is 3.54. The molecule has 26 heavy (non-hydrogen) atoms. The van der Waals surface area contributed by atoms with Crippen LogP contribution in [0.1, 0.15) is 60.3 Å². The molecule has 0 spiro atoms. The van der Waals surface area contributed by atoms with Crippen molar-refractivity contribution in [2.24, 2.45) is 17.8 Å². The van der Waals surface area contributed by atoms with Gasteiger partial charge in [0.25, 0.3) is 5.91 Å². The van der Waals surface area contributed by atoms with Crippen LogP contribution in [0.2, 0.25) is 0 Å². The van der Waals surface area contributed by atoms with Gasteiger partial charge >= 0.3 is 0 Å². The maximum Gasteiger partial charge on any atom is 0.255 e. The molecule has 1 amide bonds. The fraction of sp³-hybridized carbons (Fsp3) is 0.545. The predicted molar refractivity (Wildman–Crippen MR) is 101 cm³/mol. The van der Waals surface area contributed by atoms with Gasteiger partial charge in [-0.3, -0.25) is 4.79 Å². The van der Waals surface area contributed by atoms with E-state index in [1.807, 2.05) is 48.9 Å². The number of hydrogen-bond donors (Lipinski definition) is 1. The Labute approximate surface area is 155 Å². The Morgan fingerprint density at radius 3 is 2.19 bits per heavy atom. The molecule has 0 atom stereocenters. The third-order valence-corrected chi connectivity index (χ3v) is 6.94. The summed E-state index contributed by atoms with van der Waals surface area (Å²) in [7, 11) is 0. The molecule has 4 aliphatic rings. The standard InChI is InChI=1S/C22H27N3O/c1-14-20(15(2)25(24-14)19-6-4-3-5-7-19)21(26)23-22-11-16-8-17(12-22)10-18(9-16)13-22/h3-7,16-18H,8-13H2,1-2H3,(H,23,26). The summed E-state index contributed by atoms with van der Waals surface area (Å²) in [5.74, 6) is 2.56. The number of amides is 1. The van der Waals surface area contributed by atoms with Crippen molar-refractivity contribution in [1.29, 1.82) is 0 Å². The van der Waals surface area contributed by atoms with Crippen molar-refractivity contribution >= 4 is 5.91 Å². The number of aryl methyl sites for hydroxylation is 1. The van der Waals surface area contributed by atoms with E-state index in [0.29, 0.717) is 0 Å². The van der Waals surface area contributed by atoms with Gasteiger partial charge in [0.2, 0.25) is 0 Å².